The molecule has 2 rings (SSSR count). The Morgan fingerprint density at radius 1 is 1.62 bits per heavy atom. The van der Waals surface area contributed by atoms with E-state index < -0.39 is 5.97 Å². The van der Waals surface area contributed by atoms with E-state index >= 15 is 0 Å². The molecule has 0 saturated carbocycles. The smallest absolute Gasteiger partial charge is 0.354 e. The topological polar surface area (TPSA) is 55.1 Å². The summed E-state index contributed by atoms with van der Waals surface area (Å²) >= 11 is 7.20. The fourth-order valence-corrected chi connectivity index (χ4v) is 2.40. The van der Waals surface area contributed by atoms with Crippen molar-refractivity contribution in [1.82, 2.24) is 9.78 Å². The Morgan fingerprint density at radius 3 is 2.81 bits per heavy atom. The number of thiophene rings is 1. The normalized spacial score (nSPS) is 10.6. The molecule has 16 heavy (non-hydrogen) atoms. The van der Waals surface area contributed by atoms with Crippen molar-refractivity contribution in [2.75, 3.05) is 0 Å². The Labute approximate surface area is 101 Å². The molecular formula is C10H9ClN2O2S. The molecule has 0 atom stereocenters. The third-order valence-corrected chi connectivity index (χ3v) is 3.38. The first-order valence-corrected chi connectivity index (χ1v) is 5.88. The third-order valence-electron chi connectivity index (χ3n) is 2.12. The van der Waals surface area contributed by atoms with Crippen molar-refractivity contribution in [3.8, 4) is 10.6 Å². The SMILES string of the molecule is CCn1nc(-c2ccc(Cl)s2)cc1C(=O)O. The number of carboxylic acids is 1. The number of aromatic nitrogens is 2. The number of nitrogens with zero attached hydrogens (tertiary/aromatic N) is 2. The highest BCUT2D eigenvalue weighted by Gasteiger charge is 2.15. The van der Waals surface area contributed by atoms with Gasteiger partial charge in [0.25, 0.3) is 0 Å². The maximum absolute atomic E-state index is 10.9. The van der Waals surface area contributed by atoms with Crippen molar-refractivity contribution in [2.24, 2.45) is 0 Å². The molecule has 0 fully saturated rings. The van der Waals surface area contributed by atoms with Crippen LogP contribution in [0, 0.1) is 0 Å². The Bertz CT molecular complexity index is 533. The minimum absolute atomic E-state index is 0.196. The molecule has 0 saturated heterocycles. The summed E-state index contributed by atoms with van der Waals surface area (Å²) in [6.45, 7) is 2.38. The first-order chi connectivity index (χ1) is 7.61. The number of hydrogen-bond donors (Lipinski definition) is 1. The molecule has 0 spiro atoms. The monoisotopic (exact) mass is 256 g/mol. The maximum Gasteiger partial charge on any atom is 0.354 e. The number of aryl methyl sites for hydroxylation is 1. The summed E-state index contributed by atoms with van der Waals surface area (Å²) < 4.78 is 2.13. The number of rotatable bonds is 3. The average Bonchev–Trinajstić information content (AvgIpc) is 2.82. The van der Waals surface area contributed by atoms with Crippen molar-refractivity contribution in [3.05, 3.63) is 28.2 Å². The molecule has 0 radical (unpaired) electrons. The first kappa shape index (κ1) is 11.2. The average molecular weight is 257 g/mol. The molecule has 0 amide bonds. The fourth-order valence-electron chi connectivity index (χ4n) is 1.40. The van der Waals surface area contributed by atoms with Crippen molar-refractivity contribution in [2.45, 2.75) is 13.5 Å². The van der Waals surface area contributed by atoms with Gasteiger partial charge in [0.1, 0.15) is 11.4 Å². The Hall–Kier alpha value is -1.33. The highest BCUT2D eigenvalue weighted by molar-refractivity contribution is 7.19. The van der Waals surface area contributed by atoms with E-state index in [0.717, 1.165) is 4.88 Å². The molecule has 4 nitrogen and oxygen atoms in total. The van der Waals surface area contributed by atoms with Gasteiger partial charge in [-0.1, -0.05) is 11.6 Å². The molecule has 84 valence electrons. The number of carbonyl (C=O) groups is 1. The zero-order valence-electron chi connectivity index (χ0n) is 8.48. The van der Waals surface area contributed by atoms with Gasteiger partial charge < -0.3 is 5.11 Å². The van der Waals surface area contributed by atoms with E-state index in [9.17, 15) is 4.79 Å². The van der Waals surface area contributed by atoms with Crippen LogP contribution in [-0.2, 0) is 6.54 Å². The Morgan fingerprint density at radius 2 is 2.38 bits per heavy atom. The summed E-state index contributed by atoms with van der Waals surface area (Å²) in [7, 11) is 0. The quantitative estimate of drug-likeness (QED) is 0.919. The van der Waals surface area contributed by atoms with Crippen LogP contribution in [0.2, 0.25) is 4.34 Å². The molecule has 2 heterocycles. The fraction of sp³-hybridized carbons (Fsp3) is 0.200. The van der Waals surface area contributed by atoms with Gasteiger partial charge in [-0.15, -0.1) is 11.3 Å². The van der Waals surface area contributed by atoms with Crippen LogP contribution in [0.5, 0.6) is 0 Å². The van der Waals surface area contributed by atoms with E-state index in [1.54, 1.807) is 12.1 Å². The summed E-state index contributed by atoms with van der Waals surface area (Å²) in [4.78, 5) is 11.8. The minimum atomic E-state index is -0.969. The predicted octanol–water partition coefficient (Wildman–Crippen LogP) is 2.98. The lowest BCUT2D eigenvalue weighted by atomic mass is 10.3. The van der Waals surface area contributed by atoms with Gasteiger partial charge >= 0.3 is 5.97 Å². The standard InChI is InChI=1S/C10H9ClN2O2S/c1-2-13-7(10(14)15)5-6(12-13)8-3-4-9(11)16-8/h3-5H,2H2,1H3,(H,14,15). The van der Waals surface area contributed by atoms with Gasteiger partial charge in [0.15, 0.2) is 0 Å². The Balaban J connectivity index is 2.47. The molecule has 0 aliphatic heterocycles. The van der Waals surface area contributed by atoms with E-state index in [1.807, 2.05) is 13.0 Å². The lowest BCUT2D eigenvalue weighted by molar-refractivity contribution is 0.0683. The molecule has 0 aliphatic carbocycles. The van der Waals surface area contributed by atoms with Crippen LogP contribution in [0.1, 0.15) is 17.4 Å². The second-order valence-corrected chi connectivity index (χ2v) is 4.85. The van der Waals surface area contributed by atoms with Gasteiger partial charge in [0.05, 0.1) is 9.21 Å². The minimum Gasteiger partial charge on any atom is -0.477 e. The number of aromatic carboxylic acids is 1. The van der Waals surface area contributed by atoms with E-state index in [1.165, 1.54) is 16.0 Å². The molecule has 0 aliphatic rings. The van der Waals surface area contributed by atoms with Gasteiger partial charge in [-0.2, -0.15) is 5.10 Å². The highest BCUT2D eigenvalue weighted by atomic mass is 35.5. The van der Waals surface area contributed by atoms with Crippen LogP contribution < -0.4 is 0 Å². The van der Waals surface area contributed by atoms with Crippen LogP contribution in [0.25, 0.3) is 10.6 Å². The summed E-state index contributed by atoms with van der Waals surface area (Å²) in [5, 5.41) is 13.2. The van der Waals surface area contributed by atoms with Crippen molar-refractivity contribution < 1.29 is 9.90 Å². The van der Waals surface area contributed by atoms with Crippen molar-refractivity contribution in [1.29, 1.82) is 0 Å². The zero-order valence-corrected chi connectivity index (χ0v) is 10.0. The summed E-state index contributed by atoms with van der Waals surface area (Å²) in [6, 6.07) is 5.17. The molecule has 0 aromatic carbocycles. The van der Waals surface area contributed by atoms with Gasteiger partial charge in [-0.05, 0) is 25.1 Å². The van der Waals surface area contributed by atoms with Crippen LogP contribution >= 0.6 is 22.9 Å². The third kappa shape index (κ3) is 1.96. The molecule has 0 unspecified atom stereocenters. The maximum atomic E-state index is 10.9. The van der Waals surface area contributed by atoms with E-state index in [-0.39, 0.29) is 5.69 Å². The second-order valence-electron chi connectivity index (χ2n) is 3.14. The lowest BCUT2D eigenvalue weighted by Crippen LogP contribution is -2.07. The molecule has 2 aromatic rings. The van der Waals surface area contributed by atoms with Crippen LogP contribution in [0.15, 0.2) is 18.2 Å². The van der Waals surface area contributed by atoms with Gasteiger partial charge in [0.2, 0.25) is 0 Å². The number of halogens is 1. The van der Waals surface area contributed by atoms with Crippen LogP contribution in [0.4, 0.5) is 0 Å². The highest BCUT2D eigenvalue weighted by Crippen LogP contribution is 2.30. The predicted molar refractivity (Wildman–Crippen MR) is 63.2 cm³/mol. The van der Waals surface area contributed by atoms with Crippen LogP contribution in [0.3, 0.4) is 0 Å². The molecular weight excluding hydrogens is 248 g/mol. The van der Waals surface area contributed by atoms with E-state index in [2.05, 4.69) is 5.10 Å². The van der Waals surface area contributed by atoms with Crippen LogP contribution in [-0.4, -0.2) is 20.9 Å². The Kier molecular flexibility index (Phi) is 2.98. The second kappa shape index (κ2) is 4.27. The molecule has 2 aromatic heterocycles. The van der Waals surface area contributed by atoms with E-state index in [4.69, 9.17) is 16.7 Å². The largest absolute Gasteiger partial charge is 0.477 e. The van der Waals surface area contributed by atoms with Gasteiger partial charge in [0, 0.05) is 6.54 Å². The molecule has 1 N–H and O–H groups in total. The zero-order chi connectivity index (χ0) is 11.7. The van der Waals surface area contributed by atoms with E-state index in [0.29, 0.717) is 16.6 Å². The van der Waals surface area contributed by atoms with Gasteiger partial charge in [-0.3, -0.25) is 4.68 Å². The number of hydrogen-bond acceptors (Lipinski definition) is 3. The first-order valence-electron chi connectivity index (χ1n) is 4.68. The lowest BCUT2D eigenvalue weighted by Gasteiger charge is -1.97. The summed E-state index contributed by atoms with van der Waals surface area (Å²) in [5.41, 5.74) is 0.846. The van der Waals surface area contributed by atoms with Crippen molar-refractivity contribution in [3.63, 3.8) is 0 Å². The summed E-state index contributed by atoms with van der Waals surface area (Å²) in [6.07, 6.45) is 0. The molecule has 6 heteroatoms. The van der Waals surface area contributed by atoms with Crippen molar-refractivity contribution >= 4 is 28.9 Å². The molecule has 0 bridgehead atoms. The van der Waals surface area contributed by atoms with Gasteiger partial charge in [-0.25, -0.2) is 4.79 Å². The summed E-state index contributed by atoms with van der Waals surface area (Å²) in [5.74, 6) is -0.969. The number of carboxylic acid groups (broad SMARTS) is 1.